The molecule has 3 aromatic carbocycles. The van der Waals surface area contributed by atoms with Gasteiger partial charge in [-0.1, -0.05) is 30.3 Å². The maximum atomic E-state index is 13.4. The Morgan fingerprint density at radius 1 is 0.968 bits per heavy atom. The topological polar surface area (TPSA) is 79.5 Å². The fraction of sp³-hybridized carbons (Fsp3) is 0.120. The number of hydrogen-bond donors (Lipinski definition) is 2. The molecule has 4 rings (SSSR count). The van der Waals surface area contributed by atoms with Gasteiger partial charge < -0.3 is 14.8 Å². The Bertz CT molecular complexity index is 1270. The van der Waals surface area contributed by atoms with Gasteiger partial charge in [0.05, 0.1) is 5.56 Å². The minimum Gasteiger partial charge on any atom is -0.481 e. The van der Waals surface area contributed by atoms with Crippen molar-refractivity contribution in [2.75, 3.05) is 7.05 Å². The molecule has 0 saturated carbocycles. The first-order valence-corrected chi connectivity index (χ1v) is 9.82. The standard InChI is InChI=1S/C25H20FNO4/c1-27-25(30)23-20-14-18(17-4-2-3-15(13-17)5-12-22(28)29)8-11-21(20)31-24(23)16-6-9-19(26)10-7-16/h2-4,6-11,13-14H,5,12H2,1H3,(H,27,30)(H,28,29). The zero-order chi connectivity index (χ0) is 22.0. The number of hydrogen-bond acceptors (Lipinski definition) is 3. The molecule has 0 spiro atoms. The number of carbonyl (C=O) groups excluding carboxylic acids is 1. The van der Waals surface area contributed by atoms with Crippen LogP contribution in [-0.4, -0.2) is 24.0 Å². The Kier molecular flexibility index (Phi) is 5.54. The van der Waals surface area contributed by atoms with Gasteiger partial charge in [0, 0.05) is 24.4 Å². The number of carbonyl (C=O) groups is 2. The van der Waals surface area contributed by atoms with Crippen LogP contribution in [0.4, 0.5) is 4.39 Å². The first kappa shape index (κ1) is 20.3. The summed E-state index contributed by atoms with van der Waals surface area (Å²) in [5.74, 6) is -1.13. The van der Waals surface area contributed by atoms with Crippen LogP contribution in [0.2, 0.25) is 0 Å². The summed E-state index contributed by atoms with van der Waals surface area (Å²) < 4.78 is 19.3. The summed E-state index contributed by atoms with van der Waals surface area (Å²) in [5, 5.41) is 12.2. The molecule has 2 N–H and O–H groups in total. The van der Waals surface area contributed by atoms with Crippen LogP contribution in [0, 0.1) is 5.82 Å². The molecule has 0 aliphatic carbocycles. The lowest BCUT2D eigenvalue weighted by molar-refractivity contribution is -0.136. The van der Waals surface area contributed by atoms with Crippen LogP contribution in [-0.2, 0) is 11.2 Å². The first-order valence-electron chi connectivity index (χ1n) is 9.82. The van der Waals surface area contributed by atoms with Crippen molar-refractivity contribution in [3.05, 3.63) is 83.7 Å². The summed E-state index contributed by atoms with van der Waals surface area (Å²) in [6.07, 6.45) is 0.501. The third-order valence-electron chi connectivity index (χ3n) is 5.14. The number of aryl methyl sites for hydroxylation is 1. The molecule has 0 radical (unpaired) electrons. The number of benzene rings is 3. The van der Waals surface area contributed by atoms with Gasteiger partial charge in [0.2, 0.25) is 0 Å². The van der Waals surface area contributed by atoms with Gasteiger partial charge in [-0.15, -0.1) is 0 Å². The zero-order valence-electron chi connectivity index (χ0n) is 16.8. The fourth-order valence-corrected chi connectivity index (χ4v) is 3.59. The number of halogens is 1. The number of aliphatic carboxylic acids is 1. The summed E-state index contributed by atoms with van der Waals surface area (Å²) in [6.45, 7) is 0. The molecule has 1 amide bonds. The van der Waals surface area contributed by atoms with E-state index in [9.17, 15) is 14.0 Å². The van der Waals surface area contributed by atoms with Gasteiger partial charge in [-0.05, 0) is 59.5 Å². The van der Waals surface area contributed by atoms with E-state index in [0.717, 1.165) is 16.7 Å². The summed E-state index contributed by atoms with van der Waals surface area (Å²) in [7, 11) is 1.55. The van der Waals surface area contributed by atoms with Crippen molar-refractivity contribution in [2.24, 2.45) is 0 Å². The number of furan rings is 1. The summed E-state index contributed by atoms with van der Waals surface area (Å²) in [4.78, 5) is 23.6. The van der Waals surface area contributed by atoms with Crippen molar-refractivity contribution >= 4 is 22.8 Å². The van der Waals surface area contributed by atoms with Gasteiger partial charge >= 0.3 is 5.97 Å². The van der Waals surface area contributed by atoms with Gasteiger partial charge in [0.1, 0.15) is 17.2 Å². The van der Waals surface area contributed by atoms with Crippen LogP contribution in [0.25, 0.3) is 33.4 Å². The van der Waals surface area contributed by atoms with Crippen LogP contribution in [0.1, 0.15) is 22.3 Å². The van der Waals surface area contributed by atoms with E-state index in [4.69, 9.17) is 9.52 Å². The normalized spacial score (nSPS) is 10.9. The van der Waals surface area contributed by atoms with Crippen molar-refractivity contribution in [3.63, 3.8) is 0 Å². The molecule has 31 heavy (non-hydrogen) atoms. The van der Waals surface area contributed by atoms with Gasteiger partial charge in [-0.2, -0.15) is 0 Å². The molecule has 0 unspecified atom stereocenters. The number of carboxylic acids is 1. The Labute approximate surface area is 178 Å². The second-order valence-corrected chi connectivity index (χ2v) is 7.20. The summed E-state index contributed by atoms with van der Waals surface area (Å²) in [6, 6.07) is 19.0. The highest BCUT2D eigenvalue weighted by molar-refractivity contribution is 6.11. The molecule has 0 aliphatic heterocycles. The van der Waals surface area contributed by atoms with Crippen molar-refractivity contribution < 1.29 is 23.5 Å². The molecule has 0 atom stereocenters. The molecule has 0 aliphatic rings. The molecule has 0 fully saturated rings. The molecule has 0 bridgehead atoms. The van der Waals surface area contributed by atoms with E-state index >= 15 is 0 Å². The Balaban J connectivity index is 1.82. The van der Waals surface area contributed by atoms with Gasteiger partial charge in [-0.3, -0.25) is 9.59 Å². The van der Waals surface area contributed by atoms with Crippen LogP contribution < -0.4 is 5.32 Å². The lowest BCUT2D eigenvalue weighted by Gasteiger charge is -2.06. The number of rotatable bonds is 6. The molecule has 5 nitrogen and oxygen atoms in total. The second kappa shape index (κ2) is 8.44. The quantitative estimate of drug-likeness (QED) is 0.447. The molecule has 6 heteroatoms. The van der Waals surface area contributed by atoms with Crippen LogP contribution >= 0.6 is 0 Å². The third-order valence-corrected chi connectivity index (χ3v) is 5.14. The third kappa shape index (κ3) is 4.19. The molecule has 0 saturated heterocycles. The van der Waals surface area contributed by atoms with E-state index in [2.05, 4.69) is 5.32 Å². The summed E-state index contributed by atoms with van der Waals surface area (Å²) >= 11 is 0. The van der Waals surface area contributed by atoms with E-state index in [1.807, 2.05) is 36.4 Å². The van der Waals surface area contributed by atoms with E-state index < -0.39 is 5.97 Å². The summed E-state index contributed by atoms with van der Waals surface area (Å²) in [5.41, 5.74) is 4.24. The van der Waals surface area contributed by atoms with E-state index in [-0.39, 0.29) is 18.1 Å². The monoisotopic (exact) mass is 417 g/mol. The second-order valence-electron chi connectivity index (χ2n) is 7.20. The largest absolute Gasteiger partial charge is 0.481 e. The minimum atomic E-state index is -0.839. The number of amides is 1. The van der Waals surface area contributed by atoms with Gasteiger partial charge in [-0.25, -0.2) is 4.39 Å². The Morgan fingerprint density at radius 2 is 1.68 bits per heavy atom. The van der Waals surface area contributed by atoms with E-state index in [1.165, 1.54) is 12.1 Å². The fourth-order valence-electron chi connectivity index (χ4n) is 3.59. The number of carboxylic acid groups (broad SMARTS) is 1. The molecule has 156 valence electrons. The highest BCUT2D eigenvalue weighted by Crippen LogP contribution is 2.36. The maximum absolute atomic E-state index is 13.4. The number of nitrogens with one attached hydrogen (secondary N) is 1. The van der Waals surface area contributed by atoms with Crippen molar-refractivity contribution in [1.82, 2.24) is 5.32 Å². The smallest absolute Gasteiger partial charge is 0.303 e. The van der Waals surface area contributed by atoms with Crippen molar-refractivity contribution in [1.29, 1.82) is 0 Å². The Morgan fingerprint density at radius 3 is 2.39 bits per heavy atom. The molecule has 1 aromatic heterocycles. The highest BCUT2D eigenvalue weighted by atomic mass is 19.1. The lowest BCUT2D eigenvalue weighted by Crippen LogP contribution is -2.18. The average molecular weight is 417 g/mol. The van der Waals surface area contributed by atoms with E-state index in [0.29, 0.717) is 34.3 Å². The predicted molar refractivity (Wildman–Crippen MR) is 116 cm³/mol. The highest BCUT2D eigenvalue weighted by Gasteiger charge is 2.22. The van der Waals surface area contributed by atoms with Gasteiger partial charge in [0.25, 0.3) is 5.91 Å². The number of fused-ring (bicyclic) bond motifs is 1. The first-order chi connectivity index (χ1) is 15.0. The van der Waals surface area contributed by atoms with Crippen molar-refractivity contribution in [3.8, 4) is 22.5 Å². The van der Waals surface area contributed by atoms with Crippen LogP contribution in [0.5, 0.6) is 0 Å². The molecular formula is C25H20FNO4. The lowest BCUT2D eigenvalue weighted by atomic mass is 9.98. The van der Waals surface area contributed by atoms with Crippen LogP contribution in [0.15, 0.2) is 71.1 Å². The van der Waals surface area contributed by atoms with Gasteiger partial charge in [0.15, 0.2) is 0 Å². The average Bonchev–Trinajstić information content (AvgIpc) is 3.16. The minimum absolute atomic E-state index is 0.0616. The van der Waals surface area contributed by atoms with Crippen LogP contribution in [0.3, 0.4) is 0 Å². The van der Waals surface area contributed by atoms with E-state index in [1.54, 1.807) is 25.2 Å². The van der Waals surface area contributed by atoms with Crippen molar-refractivity contribution in [2.45, 2.75) is 12.8 Å². The predicted octanol–water partition coefficient (Wildman–Crippen LogP) is 5.28. The maximum Gasteiger partial charge on any atom is 0.303 e. The molecule has 4 aromatic rings. The Hall–Kier alpha value is -3.93. The zero-order valence-corrected chi connectivity index (χ0v) is 16.8. The molecular weight excluding hydrogens is 397 g/mol. The SMILES string of the molecule is CNC(=O)c1c(-c2ccc(F)cc2)oc2ccc(-c3cccc(CCC(=O)O)c3)cc12. The molecule has 1 heterocycles.